The van der Waals surface area contributed by atoms with Crippen LogP contribution in [-0.4, -0.2) is 23.5 Å². The van der Waals surface area contributed by atoms with Gasteiger partial charge >= 0.3 is 0 Å². The number of rotatable bonds is 3. The third-order valence-electron chi connectivity index (χ3n) is 4.29. The average Bonchev–Trinajstić information content (AvgIpc) is 2.68. The van der Waals surface area contributed by atoms with Crippen molar-refractivity contribution in [2.24, 2.45) is 0 Å². The van der Waals surface area contributed by atoms with E-state index in [9.17, 15) is 8.42 Å². The van der Waals surface area contributed by atoms with E-state index in [-0.39, 0.29) is 18.4 Å². The van der Waals surface area contributed by atoms with Crippen molar-refractivity contribution in [3.63, 3.8) is 0 Å². The number of hydrogen-bond acceptors (Lipinski definition) is 5. The fourth-order valence-corrected chi connectivity index (χ4v) is 3.22. The fourth-order valence-electron chi connectivity index (χ4n) is 2.45. The Bertz CT molecular complexity index is 1000. The number of pyridine rings is 2. The van der Waals surface area contributed by atoms with E-state index in [0.29, 0.717) is 5.92 Å². The van der Waals surface area contributed by atoms with E-state index in [1.165, 1.54) is 17.7 Å². The topological polar surface area (TPSA) is 80.2 Å². The van der Waals surface area contributed by atoms with Crippen molar-refractivity contribution in [3.05, 3.63) is 89.0 Å². The van der Waals surface area contributed by atoms with Crippen LogP contribution in [0.5, 0.6) is 0 Å². The molecule has 0 bridgehead atoms. The van der Waals surface area contributed by atoms with Gasteiger partial charge in [0.1, 0.15) is 0 Å². The lowest BCUT2D eigenvalue weighted by Gasteiger charge is -2.03. The first kappa shape index (κ1) is 29.7. The molecule has 7 heteroatoms. The number of aliphatic hydroxyl groups excluding tert-OH is 1. The van der Waals surface area contributed by atoms with E-state index < -0.39 is 9.05 Å². The van der Waals surface area contributed by atoms with Crippen LogP contribution < -0.4 is 0 Å². The lowest BCUT2D eigenvalue weighted by atomic mass is 10.0. The van der Waals surface area contributed by atoms with Crippen LogP contribution in [0.2, 0.25) is 0 Å². The summed E-state index contributed by atoms with van der Waals surface area (Å²) in [6, 6.07) is 14.3. The van der Waals surface area contributed by atoms with Crippen LogP contribution in [-0.2, 0) is 9.05 Å². The summed E-state index contributed by atoms with van der Waals surface area (Å²) in [5, 5.41) is 9.12. The molecule has 3 rings (SSSR count). The second-order valence-corrected chi connectivity index (χ2v) is 10.1. The zero-order valence-corrected chi connectivity index (χ0v) is 20.4. The van der Waals surface area contributed by atoms with Crippen molar-refractivity contribution >= 4 is 19.7 Å². The standard InChI is InChI=1S/C9H13N.C8H11NO.C7H7ClO2S.CH4/c1-7(2)9-4-5-10-8(3)6-9;1-6-5-8(7(2)10)3-4-9-6;1-6-2-4-7(5-3-6)11(8,9)10;/h4-7H,1-3H3;3-5,7,10H,1-2H3;2-5H,1H3;1H4. The Kier molecular flexibility index (Phi) is 13.0. The van der Waals surface area contributed by atoms with Gasteiger partial charge in [-0.3, -0.25) is 9.97 Å². The van der Waals surface area contributed by atoms with E-state index in [1.54, 1.807) is 25.3 Å². The minimum Gasteiger partial charge on any atom is -0.389 e. The van der Waals surface area contributed by atoms with Crippen molar-refractivity contribution < 1.29 is 13.5 Å². The highest BCUT2D eigenvalue weighted by atomic mass is 35.7. The number of aryl methyl sites for hydroxylation is 3. The predicted octanol–water partition coefficient (Wildman–Crippen LogP) is 6.52. The summed E-state index contributed by atoms with van der Waals surface area (Å²) in [6.07, 6.45) is 3.18. The number of benzene rings is 1. The molecule has 1 N–H and O–H groups in total. The van der Waals surface area contributed by atoms with Crippen molar-refractivity contribution in [3.8, 4) is 0 Å². The summed E-state index contributed by atoms with van der Waals surface area (Å²) in [5.41, 5.74) is 5.35. The van der Waals surface area contributed by atoms with Crippen LogP contribution in [0.4, 0.5) is 0 Å². The van der Waals surface area contributed by atoms with Crippen LogP contribution >= 0.6 is 10.7 Å². The maximum absolute atomic E-state index is 10.7. The number of aromatic nitrogens is 2. The van der Waals surface area contributed by atoms with Gasteiger partial charge in [0.05, 0.1) is 11.0 Å². The highest BCUT2D eigenvalue weighted by Gasteiger charge is 2.07. The molecule has 0 aliphatic rings. The molecule has 2 aromatic heterocycles. The summed E-state index contributed by atoms with van der Waals surface area (Å²) < 4.78 is 21.4. The molecule has 2 heterocycles. The van der Waals surface area contributed by atoms with Crippen molar-refractivity contribution in [1.29, 1.82) is 0 Å². The Morgan fingerprint density at radius 2 is 1.25 bits per heavy atom. The molecule has 0 amide bonds. The van der Waals surface area contributed by atoms with Crippen LogP contribution in [0.25, 0.3) is 0 Å². The van der Waals surface area contributed by atoms with Crippen LogP contribution in [0, 0.1) is 20.8 Å². The van der Waals surface area contributed by atoms with Gasteiger partial charge in [0, 0.05) is 34.5 Å². The predicted molar refractivity (Wildman–Crippen MR) is 134 cm³/mol. The molecule has 176 valence electrons. The summed E-state index contributed by atoms with van der Waals surface area (Å²) in [7, 11) is 1.54. The SMILES string of the molecule is C.Cc1cc(C(C)C)ccn1.Cc1cc(C(C)O)ccn1.Cc1ccc(S(=O)(=O)Cl)cc1. The van der Waals surface area contributed by atoms with E-state index >= 15 is 0 Å². The quantitative estimate of drug-likeness (QED) is 0.433. The Morgan fingerprint density at radius 3 is 1.56 bits per heavy atom. The molecule has 1 atom stereocenters. The molecular weight excluding hydrogens is 444 g/mol. The first-order chi connectivity index (χ1) is 14.4. The van der Waals surface area contributed by atoms with E-state index in [4.69, 9.17) is 15.8 Å². The second-order valence-electron chi connectivity index (χ2n) is 7.54. The molecule has 3 aromatic rings. The lowest BCUT2D eigenvalue weighted by molar-refractivity contribution is 0.199. The molecule has 0 radical (unpaired) electrons. The van der Waals surface area contributed by atoms with Crippen molar-refractivity contribution in [2.75, 3.05) is 0 Å². The second kappa shape index (κ2) is 14.0. The summed E-state index contributed by atoms with van der Waals surface area (Å²) >= 11 is 0. The number of halogens is 1. The molecule has 5 nitrogen and oxygen atoms in total. The van der Waals surface area contributed by atoms with E-state index in [2.05, 4.69) is 35.9 Å². The molecular formula is C25H35ClN2O3S. The first-order valence-corrected chi connectivity index (χ1v) is 12.3. The van der Waals surface area contributed by atoms with Crippen molar-refractivity contribution in [1.82, 2.24) is 9.97 Å². The smallest absolute Gasteiger partial charge is 0.261 e. The minimum absolute atomic E-state index is 0. The number of hydrogen-bond donors (Lipinski definition) is 1. The van der Waals surface area contributed by atoms with Gasteiger partial charge in [-0.05, 0) is 81.1 Å². The zero-order chi connectivity index (χ0) is 23.6. The molecule has 32 heavy (non-hydrogen) atoms. The molecule has 0 spiro atoms. The van der Waals surface area contributed by atoms with Gasteiger partial charge in [-0.1, -0.05) is 39.0 Å². The monoisotopic (exact) mass is 478 g/mol. The van der Waals surface area contributed by atoms with E-state index in [1.807, 2.05) is 39.1 Å². The number of nitrogens with zero attached hydrogens (tertiary/aromatic N) is 2. The molecule has 0 saturated heterocycles. The molecule has 0 saturated carbocycles. The Morgan fingerprint density at radius 1 is 0.812 bits per heavy atom. The van der Waals surface area contributed by atoms with Gasteiger partial charge in [-0.15, -0.1) is 0 Å². The number of aliphatic hydroxyl groups is 1. The maximum atomic E-state index is 10.7. The Hall–Kier alpha value is -2.28. The van der Waals surface area contributed by atoms with Crippen LogP contribution in [0.15, 0.2) is 65.8 Å². The molecule has 1 aromatic carbocycles. The van der Waals surface area contributed by atoms with Gasteiger partial charge in [0.2, 0.25) is 0 Å². The highest BCUT2D eigenvalue weighted by molar-refractivity contribution is 8.13. The van der Waals surface area contributed by atoms with Crippen LogP contribution in [0.3, 0.4) is 0 Å². The lowest BCUT2D eigenvalue weighted by Crippen LogP contribution is -1.91. The maximum Gasteiger partial charge on any atom is 0.261 e. The molecule has 1 unspecified atom stereocenters. The highest BCUT2D eigenvalue weighted by Crippen LogP contribution is 2.15. The van der Waals surface area contributed by atoms with Crippen molar-refractivity contribution in [2.45, 2.75) is 65.9 Å². The first-order valence-electron chi connectivity index (χ1n) is 9.94. The summed E-state index contributed by atoms with van der Waals surface area (Å²) in [6.45, 7) is 11.9. The summed E-state index contributed by atoms with van der Waals surface area (Å²) in [4.78, 5) is 8.28. The van der Waals surface area contributed by atoms with Gasteiger partial charge in [0.15, 0.2) is 0 Å². The van der Waals surface area contributed by atoms with Gasteiger partial charge in [-0.25, -0.2) is 8.42 Å². The Labute approximate surface area is 198 Å². The average molecular weight is 479 g/mol. The minimum atomic E-state index is -3.55. The zero-order valence-electron chi connectivity index (χ0n) is 18.9. The normalized spacial score (nSPS) is 11.3. The van der Waals surface area contributed by atoms with Gasteiger partial charge < -0.3 is 5.11 Å². The Balaban J connectivity index is 0.000000444. The van der Waals surface area contributed by atoms with Crippen LogP contribution in [0.1, 0.15) is 68.3 Å². The molecule has 0 aliphatic carbocycles. The van der Waals surface area contributed by atoms with E-state index in [0.717, 1.165) is 22.5 Å². The third-order valence-corrected chi connectivity index (χ3v) is 5.66. The largest absolute Gasteiger partial charge is 0.389 e. The molecule has 0 aliphatic heterocycles. The van der Waals surface area contributed by atoms with Gasteiger partial charge in [0.25, 0.3) is 9.05 Å². The third kappa shape index (κ3) is 11.4. The summed E-state index contributed by atoms with van der Waals surface area (Å²) in [5.74, 6) is 0.613. The van der Waals surface area contributed by atoms with Gasteiger partial charge in [-0.2, -0.15) is 0 Å². The fraction of sp³-hybridized carbons (Fsp3) is 0.360. The molecule has 0 fully saturated rings.